The maximum absolute atomic E-state index is 11.7. The van der Waals surface area contributed by atoms with Crippen LogP contribution in [0.1, 0.15) is 20.3 Å². The van der Waals surface area contributed by atoms with E-state index in [1.165, 1.54) is 0 Å². The molecular formula is C19H24N4O2. The van der Waals surface area contributed by atoms with Gasteiger partial charge >= 0.3 is 0 Å². The smallest absolute Gasteiger partial charge is 0.222 e. The molecular weight excluding hydrogens is 316 g/mol. The van der Waals surface area contributed by atoms with Crippen LogP contribution in [-0.2, 0) is 4.79 Å². The normalized spacial score (nSPS) is 14.5. The van der Waals surface area contributed by atoms with Gasteiger partial charge in [0.2, 0.25) is 5.91 Å². The van der Waals surface area contributed by atoms with E-state index in [2.05, 4.69) is 15.1 Å². The number of rotatable bonds is 5. The first-order valence-corrected chi connectivity index (χ1v) is 8.81. The minimum Gasteiger partial charge on any atom is -0.494 e. The molecule has 0 atom stereocenters. The largest absolute Gasteiger partial charge is 0.494 e. The summed E-state index contributed by atoms with van der Waals surface area (Å²) in [5, 5.41) is 8.73. The number of benzene rings is 1. The molecule has 3 rings (SSSR count). The third-order valence-corrected chi connectivity index (χ3v) is 4.37. The Hall–Kier alpha value is -2.63. The van der Waals surface area contributed by atoms with E-state index in [0.717, 1.165) is 49.0 Å². The van der Waals surface area contributed by atoms with Gasteiger partial charge in [0.1, 0.15) is 5.75 Å². The molecule has 1 aliphatic rings. The van der Waals surface area contributed by atoms with Gasteiger partial charge in [-0.15, -0.1) is 10.2 Å². The van der Waals surface area contributed by atoms with Crippen LogP contribution in [0.2, 0.25) is 0 Å². The van der Waals surface area contributed by atoms with Gasteiger partial charge in [0.15, 0.2) is 5.82 Å². The highest BCUT2D eigenvalue weighted by Gasteiger charge is 2.21. The maximum atomic E-state index is 11.7. The van der Waals surface area contributed by atoms with Crippen LogP contribution >= 0.6 is 0 Å². The fourth-order valence-corrected chi connectivity index (χ4v) is 2.94. The van der Waals surface area contributed by atoms with Crippen LogP contribution in [0.4, 0.5) is 5.82 Å². The van der Waals surface area contributed by atoms with Gasteiger partial charge in [0, 0.05) is 38.2 Å². The van der Waals surface area contributed by atoms with Crippen molar-refractivity contribution in [3.05, 3.63) is 36.4 Å². The van der Waals surface area contributed by atoms with Crippen molar-refractivity contribution in [3.63, 3.8) is 0 Å². The lowest BCUT2D eigenvalue weighted by atomic mass is 10.1. The molecule has 2 aromatic rings. The van der Waals surface area contributed by atoms with Gasteiger partial charge in [-0.25, -0.2) is 0 Å². The van der Waals surface area contributed by atoms with Crippen molar-refractivity contribution in [3.8, 4) is 17.0 Å². The Morgan fingerprint density at radius 3 is 2.28 bits per heavy atom. The Bertz CT molecular complexity index is 692. The molecule has 0 aliphatic carbocycles. The number of carbonyl (C=O) groups is 1. The molecule has 6 heteroatoms. The average Bonchev–Trinajstić information content (AvgIpc) is 2.68. The van der Waals surface area contributed by atoms with Gasteiger partial charge in [-0.3, -0.25) is 4.79 Å². The summed E-state index contributed by atoms with van der Waals surface area (Å²) in [6.07, 6.45) is 0.566. The van der Waals surface area contributed by atoms with E-state index >= 15 is 0 Å². The van der Waals surface area contributed by atoms with E-state index in [1.807, 2.05) is 55.1 Å². The standard InChI is InChI=1S/C19H24N4O2/c1-3-19(24)23-13-11-22(12-14-23)18-10-9-17(20-21-18)15-5-7-16(8-6-15)25-4-2/h5-10H,3-4,11-14H2,1-2H3. The molecule has 132 valence electrons. The van der Waals surface area contributed by atoms with Crippen LogP contribution in [0, 0.1) is 0 Å². The number of hydrogen-bond acceptors (Lipinski definition) is 5. The summed E-state index contributed by atoms with van der Waals surface area (Å²) >= 11 is 0. The molecule has 6 nitrogen and oxygen atoms in total. The molecule has 1 saturated heterocycles. The number of ether oxygens (including phenoxy) is 1. The van der Waals surface area contributed by atoms with Crippen molar-refractivity contribution in [2.24, 2.45) is 0 Å². The second kappa shape index (κ2) is 7.96. The Morgan fingerprint density at radius 1 is 1.00 bits per heavy atom. The molecule has 1 aliphatic heterocycles. The Labute approximate surface area is 148 Å². The predicted molar refractivity (Wildman–Crippen MR) is 97.7 cm³/mol. The van der Waals surface area contributed by atoms with Gasteiger partial charge in [0.25, 0.3) is 0 Å². The third kappa shape index (κ3) is 4.07. The van der Waals surface area contributed by atoms with Gasteiger partial charge in [0.05, 0.1) is 12.3 Å². The molecule has 0 radical (unpaired) electrons. The number of aromatic nitrogens is 2. The number of nitrogens with zero attached hydrogens (tertiary/aromatic N) is 4. The summed E-state index contributed by atoms with van der Waals surface area (Å²) in [6.45, 7) is 7.61. The lowest BCUT2D eigenvalue weighted by molar-refractivity contribution is -0.131. The number of amides is 1. The molecule has 1 aromatic heterocycles. The van der Waals surface area contributed by atoms with Crippen LogP contribution in [0.3, 0.4) is 0 Å². The highest BCUT2D eigenvalue weighted by atomic mass is 16.5. The van der Waals surface area contributed by atoms with E-state index in [9.17, 15) is 4.79 Å². The summed E-state index contributed by atoms with van der Waals surface area (Å²) in [5.74, 6) is 1.94. The minimum absolute atomic E-state index is 0.219. The fraction of sp³-hybridized carbons (Fsp3) is 0.421. The average molecular weight is 340 g/mol. The maximum Gasteiger partial charge on any atom is 0.222 e. The van der Waals surface area contributed by atoms with E-state index < -0.39 is 0 Å². The van der Waals surface area contributed by atoms with Crippen molar-refractivity contribution in [1.82, 2.24) is 15.1 Å². The summed E-state index contributed by atoms with van der Waals surface area (Å²) in [5.41, 5.74) is 1.85. The van der Waals surface area contributed by atoms with E-state index in [1.54, 1.807) is 0 Å². The number of anilines is 1. The van der Waals surface area contributed by atoms with Crippen LogP contribution in [0.15, 0.2) is 36.4 Å². The van der Waals surface area contributed by atoms with Gasteiger partial charge in [-0.1, -0.05) is 6.92 Å². The van der Waals surface area contributed by atoms with Crippen LogP contribution < -0.4 is 9.64 Å². The zero-order valence-corrected chi connectivity index (χ0v) is 14.8. The highest BCUT2D eigenvalue weighted by Crippen LogP contribution is 2.22. The number of carbonyl (C=O) groups excluding carboxylic acids is 1. The summed E-state index contributed by atoms with van der Waals surface area (Å²) < 4.78 is 5.46. The molecule has 1 fully saturated rings. The molecule has 0 N–H and O–H groups in total. The Kier molecular flexibility index (Phi) is 5.48. The topological polar surface area (TPSA) is 58.6 Å². The Morgan fingerprint density at radius 2 is 1.72 bits per heavy atom. The summed E-state index contributed by atoms with van der Waals surface area (Å²) in [6, 6.07) is 11.8. The molecule has 0 unspecified atom stereocenters. The second-order valence-electron chi connectivity index (χ2n) is 5.96. The third-order valence-electron chi connectivity index (χ3n) is 4.37. The zero-order chi connectivity index (χ0) is 17.6. The first kappa shape index (κ1) is 17.2. The van der Waals surface area contributed by atoms with Crippen LogP contribution in [0.25, 0.3) is 11.3 Å². The monoisotopic (exact) mass is 340 g/mol. The number of hydrogen-bond donors (Lipinski definition) is 0. The van der Waals surface area contributed by atoms with Crippen molar-refractivity contribution in [2.45, 2.75) is 20.3 Å². The van der Waals surface area contributed by atoms with Gasteiger partial charge in [-0.2, -0.15) is 0 Å². The van der Waals surface area contributed by atoms with E-state index in [-0.39, 0.29) is 5.91 Å². The molecule has 1 amide bonds. The predicted octanol–water partition coefficient (Wildman–Crippen LogP) is 2.60. The quantitative estimate of drug-likeness (QED) is 0.837. The zero-order valence-electron chi connectivity index (χ0n) is 14.8. The van der Waals surface area contributed by atoms with Gasteiger partial charge in [-0.05, 0) is 43.3 Å². The van der Waals surface area contributed by atoms with E-state index in [0.29, 0.717) is 13.0 Å². The lowest BCUT2D eigenvalue weighted by Gasteiger charge is -2.35. The van der Waals surface area contributed by atoms with Crippen LogP contribution in [-0.4, -0.2) is 53.8 Å². The Balaban J connectivity index is 1.63. The second-order valence-corrected chi connectivity index (χ2v) is 5.96. The molecule has 0 spiro atoms. The van der Waals surface area contributed by atoms with Crippen molar-refractivity contribution in [2.75, 3.05) is 37.7 Å². The fourth-order valence-electron chi connectivity index (χ4n) is 2.94. The SMILES string of the molecule is CCOc1ccc(-c2ccc(N3CCN(C(=O)CC)CC3)nn2)cc1. The molecule has 2 heterocycles. The molecule has 25 heavy (non-hydrogen) atoms. The number of piperazine rings is 1. The molecule has 1 aromatic carbocycles. The minimum atomic E-state index is 0.219. The van der Waals surface area contributed by atoms with Crippen LogP contribution in [0.5, 0.6) is 5.75 Å². The summed E-state index contributed by atoms with van der Waals surface area (Å²) in [7, 11) is 0. The van der Waals surface area contributed by atoms with Gasteiger partial charge < -0.3 is 14.5 Å². The first-order chi connectivity index (χ1) is 12.2. The summed E-state index contributed by atoms with van der Waals surface area (Å²) in [4.78, 5) is 15.8. The van der Waals surface area contributed by atoms with Crippen molar-refractivity contribution >= 4 is 11.7 Å². The first-order valence-electron chi connectivity index (χ1n) is 8.81. The highest BCUT2D eigenvalue weighted by molar-refractivity contribution is 5.76. The van der Waals surface area contributed by atoms with Crippen molar-refractivity contribution < 1.29 is 9.53 Å². The molecule has 0 bridgehead atoms. The van der Waals surface area contributed by atoms with Crippen molar-refractivity contribution in [1.29, 1.82) is 0 Å². The molecule has 0 saturated carbocycles. The van der Waals surface area contributed by atoms with E-state index in [4.69, 9.17) is 4.74 Å². The lowest BCUT2D eigenvalue weighted by Crippen LogP contribution is -2.48.